The Hall–Kier alpha value is -3.46. The summed E-state index contributed by atoms with van der Waals surface area (Å²) in [6, 6.07) is 8.54. The first kappa shape index (κ1) is 19.5. The average Bonchev–Trinajstić information content (AvgIpc) is 3.31. The molecule has 31 heavy (non-hydrogen) atoms. The number of hydrogen-bond acceptors (Lipinski definition) is 5. The van der Waals surface area contributed by atoms with Crippen LogP contribution in [-0.4, -0.2) is 62.6 Å². The first-order chi connectivity index (χ1) is 14.9. The molecule has 2 amide bonds. The number of pyridine rings is 1. The molecular formula is C21H18ClN5O4. The van der Waals surface area contributed by atoms with E-state index < -0.39 is 17.9 Å². The summed E-state index contributed by atoms with van der Waals surface area (Å²) in [4.78, 5) is 45.0. The third-order valence-corrected chi connectivity index (χ3v) is 6.33. The zero-order chi connectivity index (χ0) is 21.8. The number of likely N-dealkylation sites (tertiary alicyclic amines) is 1. The van der Waals surface area contributed by atoms with Crippen LogP contribution in [0.15, 0.2) is 36.5 Å². The molecule has 4 heterocycles. The van der Waals surface area contributed by atoms with E-state index in [4.69, 9.17) is 11.6 Å². The second-order valence-electron chi connectivity index (χ2n) is 7.83. The minimum Gasteiger partial charge on any atom is -0.480 e. The van der Waals surface area contributed by atoms with Gasteiger partial charge in [-0.3, -0.25) is 24.4 Å². The molecule has 1 fully saturated rings. The van der Waals surface area contributed by atoms with Crippen LogP contribution in [0.25, 0.3) is 10.9 Å². The zero-order valence-electron chi connectivity index (χ0n) is 16.3. The summed E-state index contributed by atoms with van der Waals surface area (Å²) in [5, 5.41) is 17.2. The number of aliphatic carboxylic acids is 1. The third kappa shape index (κ3) is 3.04. The predicted molar refractivity (Wildman–Crippen MR) is 112 cm³/mol. The van der Waals surface area contributed by atoms with E-state index in [0.29, 0.717) is 42.9 Å². The molecule has 3 aromatic rings. The molecule has 1 aromatic carbocycles. The van der Waals surface area contributed by atoms with Crippen LogP contribution in [0, 0.1) is 0 Å². The van der Waals surface area contributed by atoms with Gasteiger partial charge in [0, 0.05) is 24.0 Å². The van der Waals surface area contributed by atoms with Crippen molar-refractivity contribution in [3.05, 3.63) is 52.9 Å². The van der Waals surface area contributed by atoms with E-state index in [2.05, 4.69) is 15.2 Å². The molecule has 9 nitrogen and oxygen atoms in total. The molecule has 1 saturated heterocycles. The van der Waals surface area contributed by atoms with Gasteiger partial charge in [0.15, 0.2) is 0 Å². The summed E-state index contributed by atoms with van der Waals surface area (Å²) in [5.41, 5.74) is 1.40. The normalized spacial score (nSPS) is 17.4. The van der Waals surface area contributed by atoms with Gasteiger partial charge in [0.1, 0.15) is 11.7 Å². The minimum atomic E-state index is -1.10. The van der Waals surface area contributed by atoms with E-state index in [1.54, 1.807) is 35.4 Å². The van der Waals surface area contributed by atoms with Crippen LogP contribution in [0.4, 0.5) is 5.69 Å². The molecule has 0 aliphatic carbocycles. The highest BCUT2D eigenvalue weighted by atomic mass is 35.5. The summed E-state index contributed by atoms with van der Waals surface area (Å²) >= 11 is 6.10. The van der Waals surface area contributed by atoms with Gasteiger partial charge < -0.3 is 10.0 Å². The summed E-state index contributed by atoms with van der Waals surface area (Å²) in [6.45, 7) is 0.259. The number of rotatable bonds is 3. The Balaban J connectivity index is 1.42. The molecule has 158 valence electrons. The number of anilines is 1. The number of carboxylic acids is 1. The van der Waals surface area contributed by atoms with Gasteiger partial charge in [-0.1, -0.05) is 11.6 Å². The number of nitrogens with one attached hydrogen (secondary N) is 1. The Bertz CT molecular complexity index is 1230. The molecule has 0 atom stereocenters. The van der Waals surface area contributed by atoms with Gasteiger partial charge in [-0.25, -0.2) is 4.98 Å². The van der Waals surface area contributed by atoms with Crippen molar-refractivity contribution in [1.82, 2.24) is 20.1 Å². The van der Waals surface area contributed by atoms with Crippen LogP contribution >= 0.6 is 11.6 Å². The minimum absolute atomic E-state index is 0.120. The lowest BCUT2D eigenvalue weighted by atomic mass is 9.76. The van der Waals surface area contributed by atoms with E-state index >= 15 is 0 Å². The SMILES string of the molecule is O=C(O)CN1C(=O)C2(CCN(C(=O)c3ccc4[nH]ncc4c3)CC2)c2nc(Cl)ccc21. The van der Waals surface area contributed by atoms with Crippen LogP contribution < -0.4 is 4.90 Å². The highest BCUT2D eigenvalue weighted by Crippen LogP contribution is 2.47. The Labute approximate surface area is 181 Å². The summed E-state index contributed by atoms with van der Waals surface area (Å²) < 4.78 is 0. The second-order valence-corrected chi connectivity index (χ2v) is 8.22. The van der Waals surface area contributed by atoms with E-state index in [0.717, 1.165) is 10.9 Å². The molecule has 1 spiro atoms. The number of hydrogen-bond donors (Lipinski definition) is 2. The van der Waals surface area contributed by atoms with Crippen molar-refractivity contribution in [1.29, 1.82) is 0 Å². The van der Waals surface area contributed by atoms with Gasteiger partial charge >= 0.3 is 5.97 Å². The maximum Gasteiger partial charge on any atom is 0.323 e. The number of carbonyl (C=O) groups is 3. The maximum atomic E-state index is 13.3. The molecule has 0 bridgehead atoms. The number of amides is 2. The summed E-state index contributed by atoms with van der Waals surface area (Å²) in [6.07, 6.45) is 2.36. The lowest BCUT2D eigenvalue weighted by Gasteiger charge is -2.38. The molecule has 2 aliphatic heterocycles. The van der Waals surface area contributed by atoms with Crippen molar-refractivity contribution in [2.75, 3.05) is 24.5 Å². The van der Waals surface area contributed by atoms with E-state index in [-0.39, 0.29) is 17.0 Å². The van der Waals surface area contributed by atoms with Gasteiger partial charge in [0.2, 0.25) is 5.91 Å². The Morgan fingerprint density at radius 1 is 1.19 bits per heavy atom. The van der Waals surface area contributed by atoms with Crippen molar-refractivity contribution >= 4 is 46.0 Å². The molecule has 2 aliphatic rings. The second kappa shape index (κ2) is 7.05. The van der Waals surface area contributed by atoms with E-state index in [1.807, 2.05) is 6.07 Å². The Morgan fingerprint density at radius 2 is 1.97 bits per heavy atom. The Kier molecular flexibility index (Phi) is 4.44. The van der Waals surface area contributed by atoms with Gasteiger partial charge in [-0.15, -0.1) is 0 Å². The number of aromatic amines is 1. The van der Waals surface area contributed by atoms with E-state index in [1.165, 1.54) is 4.90 Å². The highest BCUT2D eigenvalue weighted by molar-refractivity contribution is 6.29. The summed E-state index contributed by atoms with van der Waals surface area (Å²) in [7, 11) is 0. The number of aromatic nitrogens is 3. The number of nitrogens with zero attached hydrogens (tertiary/aromatic N) is 4. The van der Waals surface area contributed by atoms with Crippen LogP contribution in [-0.2, 0) is 15.0 Å². The summed E-state index contributed by atoms with van der Waals surface area (Å²) in [5.74, 6) is -1.52. The lowest BCUT2D eigenvalue weighted by Crippen LogP contribution is -2.51. The Morgan fingerprint density at radius 3 is 2.71 bits per heavy atom. The number of benzene rings is 1. The van der Waals surface area contributed by atoms with Crippen LogP contribution in [0.5, 0.6) is 0 Å². The van der Waals surface area contributed by atoms with Crippen LogP contribution in [0.2, 0.25) is 5.15 Å². The van der Waals surface area contributed by atoms with Gasteiger partial charge in [0.05, 0.1) is 28.5 Å². The lowest BCUT2D eigenvalue weighted by molar-refractivity contribution is -0.137. The number of H-pyrrole nitrogens is 1. The topological polar surface area (TPSA) is 119 Å². The molecule has 0 saturated carbocycles. The van der Waals surface area contributed by atoms with Gasteiger partial charge in [-0.2, -0.15) is 5.10 Å². The van der Waals surface area contributed by atoms with E-state index in [9.17, 15) is 19.5 Å². The number of carboxylic acid groups (broad SMARTS) is 1. The fourth-order valence-corrected chi connectivity index (χ4v) is 4.71. The van der Waals surface area contributed by atoms with Crippen molar-refractivity contribution in [3.63, 3.8) is 0 Å². The standard InChI is InChI=1S/C21H18ClN5O4/c22-16-4-3-15-18(24-16)21(20(31)27(15)11-17(28)29)5-7-26(8-6-21)19(30)12-1-2-14-13(9-12)10-23-25-14/h1-4,9-10H,5-8,11H2,(H,23,25)(H,28,29). The number of halogens is 1. The third-order valence-electron chi connectivity index (χ3n) is 6.12. The number of carbonyl (C=O) groups excluding carboxylic acids is 2. The van der Waals surface area contributed by atoms with Crippen molar-refractivity contribution in [2.24, 2.45) is 0 Å². The molecule has 5 rings (SSSR count). The molecule has 10 heteroatoms. The fraction of sp³-hybridized carbons (Fsp3) is 0.286. The molecule has 0 unspecified atom stereocenters. The number of fused-ring (bicyclic) bond motifs is 3. The average molecular weight is 440 g/mol. The van der Waals surface area contributed by atoms with Crippen LogP contribution in [0.3, 0.4) is 0 Å². The number of piperidine rings is 1. The maximum absolute atomic E-state index is 13.3. The largest absolute Gasteiger partial charge is 0.480 e. The van der Waals surface area contributed by atoms with Crippen molar-refractivity contribution in [2.45, 2.75) is 18.3 Å². The molecule has 2 N–H and O–H groups in total. The first-order valence-electron chi connectivity index (χ1n) is 9.82. The van der Waals surface area contributed by atoms with Crippen molar-refractivity contribution < 1.29 is 19.5 Å². The molecular weight excluding hydrogens is 422 g/mol. The predicted octanol–water partition coefficient (Wildman–Crippen LogP) is 2.22. The monoisotopic (exact) mass is 439 g/mol. The van der Waals surface area contributed by atoms with Gasteiger partial charge in [0.25, 0.3) is 5.91 Å². The highest BCUT2D eigenvalue weighted by Gasteiger charge is 2.54. The fourth-order valence-electron chi connectivity index (χ4n) is 4.56. The van der Waals surface area contributed by atoms with Crippen LogP contribution in [0.1, 0.15) is 28.9 Å². The molecule has 0 radical (unpaired) electrons. The zero-order valence-corrected chi connectivity index (χ0v) is 17.1. The van der Waals surface area contributed by atoms with Gasteiger partial charge in [-0.05, 0) is 43.2 Å². The quantitative estimate of drug-likeness (QED) is 0.604. The first-order valence-corrected chi connectivity index (χ1v) is 10.2. The molecule has 2 aromatic heterocycles. The van der Waals surface area contributed by atoms with Crippen molar-refractivity contribution in [3.8, 4) is 0 Å². The smallest absolute Gasteiger partial charge is 0.323 e.